The van der Waals surface area contributed by atoms with Crippen LogP contribution in [0.15, 0.2) is 0 Å². The second kappa shape index (κ2) is 6.97. The molecular weight excluding hydrogens is 312 g/mol. The number of rotatable bonds is 0. The summed E-state index contributed by atoms with van der Waals surface area (Å²) in [5.74, 6) is 0.858. The third-order valence-corrected chi connectivity index (χ3v) is 4.98. The van der Waals surface area contributed by atoms with Crippen molar-refractivity contribution in [3.8, 4) is 6.07 Å². The predicted octanol–water partition coefficient (Wildman–Crippen LogP) is -3.07. The molecule has 22 heavy (non-hydrogen) atoms. The van der Waals surface area contributed by atoms with Crippen LogP contribution in [-0.2, 0) is 0 Å². The van der Waals surface area contributed by atoms with Crippen molar-refractivity contribution in [2.45, 2.75) is 63.8 Å². The van der Waals surface area contributed by atoms with Gasteiger partial charge in [-0.1, -0.05) is 13.3 Å². The molecule has 6 unspecified atom stereocenters. The summed E-state index contributed by atoms with van der Waals surface area (Å²) in [4.78, 5) is 2.63. The van der Waals surface area contributed by atoms with Crippen molar-refractivity contribution in [3.05, 3.63) is 0 Å². The number of hydrogen-bond acceptors (Lipinski definition) is 6. The van der Waals surface area contributed by atoms with Gasteiger partial charge in [-0.2, -0.15) is 5.26 Å². The molecule has 0 aromatic rings. The molecule has 0 aliphatic carbocycles. The Morgan fingerprint density at radius 1 is 1.18 bits per heavy atom. The average molecular weight is 335 g/mol. The molecule has 0 aromatic heterocycles. The fourth-order valence-corrected chi connectivity index (χ4v) is 4.41. The van der Waals surface area contributed by atoms with E-state index >= 15 is 0 Å². The van der Waals surface area contributed by atoms with Crippen LogP contribution in [0, 0.1) is 33.4 Å². The van der Waals surface area contributed by atoms with Gasteiger partial charge in [0.05, 0.1) is 12.1 Å². The van der Waals surface area contributed by atoms with E-state index in [2.05, 4.69) is 24.8 Å². The molecule has 3 heterocycles. The second-order valence-electron chi connectivity index (χ2n) is 6.53. The minimum Gasteiger partial charge on any atom is -0.427 e. The average Bonchev–Trinajstić information content (AvgIpc) is 2.69. The standard InChI is InChI=1S/C14H22N2O.ClHO4/c1-9-7-10(2)17-14-11(8-15)12-5-3-4-6-16(12)13(9)14;2-1(3,4)5/h9-14H,3-7H2,1-2H3;(H,2,3,4,5). The maximum Gasteiger partial charge on any atom is 0.188 e. The van der Waals surface area contributed by atoms with E-state index in [-0.39, 0.29) is 5.92 Å². The largest absolute Gasteiger partial charge is 0.427 e. The van der Waals surface area contributed by atoms with Crippen molar-refractivity contribution in [2.75, 3.05) is 6.54 Å². The molecule has 7 nitrogen and oxygen atoms in total. The van der Waals surface area contributed by atoms with E-state index in [1.165, 1.54) is 32.2 Å². The molecule has 0 spiro atoms. The van der Waals surface area contributed by atoms with Crippen molar-refractivity contribution in [2.24, 2.45) is 11.8 Å². The minimum atomic E-state index is -4.94. The third kappa shape index (κ3) is 4.09. The van der Waals surface area contributed by atoms with Gasteiger partial charge in [0.15, 0.2) is 12.2 Å². The van der Waals surface area contributed by atoms with Gasteiger partial charge in [-0.05, 0) is 25.3 Å². The SMILES string of the molecule is CC1CC(C)C2C([OH+]1)C(C#N)C1CCCCN12.[O-][Cl+3]([O-])([O-])[O-]. The zero-order valence-corrected chi connectivity index (χ0v) is 13.6. The topological polar surface area (TPSA) is 132 Å². The van der Waals surface area contributed by atoms with Crippen molar-refractivity contribution in [3.63, 3.8) is 0 Å². The molecule has 0 bridgehead atoms. The third-order valence-electron chi connectivity index (χ3n) is 4.98. The van der Waals surface area contributed by atoms with E-state index in [9.17, 15) is 5.26 Å². The lowest BCUT2D eigenvalue weighted by Crippen LogP contribution is -2.68. The van der Waals surface area contributed by atoms with Gasteiger partial charge in [-0.15, -0.1) is 10.2 Å². The van der Waals surface area contributed by atoms with Gasteiger partial charge in [0.2, 0.25) is 0 Å². The van der Waals surface area contributed by atoms with Crippen LogP contribution in [0.2, 0.25) is 0 Å². The Morgan fingerprint density at radius 3 is 2.41 bits per heavy atom. The maximum atomic E-state index is 9.48. The Bertz CT molecular complexity index is 418. The summed E-state index contributed by atoms with van der Waals surface area (Å²) in [6.07, 6.45) is 5.75. The molecule has 3 rings (SSSR count). The Hall–Kier alpha value is -0.460. The molecular formula is C14H23ClN2O5. The highest BCUT2D eigenvalue weighted by Crippen LogP contribution is 2.43. The number of halogens is 1. The highest BCUT2D eigenvalue weighted by molar-refractivity contribution is 5.12. The van der Waals surface area contributed by atoms with Crippen LogP contribution in [-0.4, -0.2) is 40.5 Å². The number of fused-ring (bicyclic) bond motifs is 3. The molecule has 0 amide bonds. The molecule has 3 fully saturated rings. The highest BCUT2D eigenvalue weighted by Gasteiger charge is 2.57. The summed E-state index contributed by atoms with van der Waals surface area (Å²) in [5.41, 5.74) is 0. The van der Waals surface area contributed by atoms with Gasteiger partial charge in [0, 0.05) is 19.4 Å². The number of ether oxygens (including phenoxy) is 1. The summed E-state index contributed by atoms with van der Waals surface area (Å²) in [5, 5.41) is 9.48. The number of nitrogens with zero attached hydrogens (tertiary/aromatic N) is 2. The van der Waals surface area contributed by atoms with Gasteiger partial charge < -0.3 is 4.74 Å². The van der Waals surface area contributed by atoms with Gasteiger partial charge >= 0.3 is 0 Å². The summed E-state index contributed by atoms with van der Waals surface area (Å²) in [6, 6.07) is 3.62. The quantitative estimate of drug-likeness (QED) is 0.432. The summed E-state index contributed by atoms with van der Waals surface area (Å²) in [6.45, 7) is 5.75. The molecule has 3 saturated heterocycles. The lowest BCUT2D eigenvalue weighted by atomic mass is 9.85. The van der Waals surface area contributed by atoms with E-state index in [4.69, 9.17) is 23.4 Å². The lowest BCUT2D eigenvalue weighted by molar-refractivity contribution is -2.00. The molecule has 3 aliphatic heterocycles. The first-order valence-corrected chi connectivity index (χ1v) is 8.93. The molecule has 6 atom stereocenters. The number of hydrogen-bond donors (Lipinski definition) is 0. The first kappa shape index (κ1) is 17.9. The van der Waals surface area contributed by atoms with E-state index in [1.807, 2.05) is 0 Å². The summed E-state index contributed by atoms with van der Waals surface area (Å²) < 4.78 is 38.9. The number of aliphatic hydroxyl groups is 2. The van der Waals surface area contributed by atoms with Gasteiger partial charge in [0.1, 0.15) is 5.92 Å². The Balaban J connectivity index is 0.000000309. The second-order valence-corrected chi connectivity index (χ2v) is 7.28. The lowest BCUT2D eigenvalue weighted by Gasteiger charge is -2.39. The van der Waals surface area contributed by atoms with Gasteiger partial charge in [-0.3, -0.25) is 4.90 Å². The zero-order valence-electron chi connectivity index (χ0n) is 12.9. The molecule has 1 N–H and O–H groups in total. The summed E-state index contributed by atoms with van der Waals surface area (Å²) >= 11 is 0. The van der Waals surface area contributed by atoms with Crippen LogP contribution in [0.25, 0.3) is 0 Å². The van der Waals surface area contributed by atoms with Crippen LogP contribution in [0.5, 0.6) is 0 Å². The number of nitriles is 1. The smallest absolute Gasteiger partial charge is 0.188 e. The molecule has 0 saturated carbocycles. The Labute approximate surface area is 132 Å². The maximum absolute atomic E-state index is 9.48. The van der Waals surface area contributed by atoms with Crippen LogP contribution in [0.3, 0.4) is 0 Å². The highest BCUT2D eigenvalue weighted by atomic mass is 35.7. The first-order valence-electron chi connectivity index (χ1n) is 7.69. The van der Waals surface area contributed by atoms with Gasteiger partial charge in [0.25, 0.3) is 0 Å². The van der Waals surface area contributed by atoms with Crippen LogP contribution in [0.4, 0.5) is 0 Å². The van der Waals surface area contributed by atoms with E-state index < -0.39 is 10.2 Å². The van der Waals surface area contributed by atoms with Crippen molar-refractivity contribution >= 4 is 0 Å². The van der Waals surface area contributed by atoms with E-state index in [1.54, 1.807) is 0 Å². The fourth-order valence-electron chi connectivity index (χ4n) is 4.41. The normalized spacial score (nSPS) is 41.7. The molecule has 0 radical (unpaired) electrons. The molecule has 126 valence electrons. The van der Waals surface area contributed by atoms with Gasteiger partial charge in [-0.25, -0.2) is 18.6 Å². The van der Waals surface area contributed by atoms with Crippen molar-refractivity contribution in [1.29, 1.82) is 5.26 Å². The monoisotopic (exact) mass is 334 g/mol. The Morgan fingerprint density at radius 2 is 1.82 bits per heavy atom. The van der Waals surface area contributed by atoms with Crippen molar-refractivity contribution in [1.82, 2.24) is 4.90 Å². The minimum absolute atomic E-state index is 0.158. The summed E-state index contributed by atoms with van der Waals surface area (Å²) in [7, 11) is -4.94. The molecule has 8 heteroatoms. The van der Waals surface area contributed by atoms with Crippen LogP contribution >= 0.6 is 0 Å². The first-order chi connectivity index (χ1) is 10.2. The number of piperidine rings is 1. The van der Waals surface area contributed by atoms with Crippen LogP contribution < -0.4 is 18.6 Å². The zero-order chi connectivity index (χ0) is 16.5. The molecule has 3 aliphatic rings. The van der Waals surface area contributed by atoms with E-state index in [0.29, 0.717) is 30.2 Å². The van der Waals surface area contributed by atoms with E-state index in [0.717, 1.165) is 0 Å². The Kier molecular flexibility index (Phi) is 5.67. The van der Waals surface area contributed by atoms with Crippen molar-refractivity contribution < 1.29 is 33.6 Å². The van der Waals surface area contributed by atoms with Crippen LogP contribution in [0.1, 0.15) is 39.5 Å². The molecule has 0 aromatic carbocycles. The predicted molar refractivity (Wildman–Crippen MR) is 66.5 cm³/mol. The fraction of sp³-hybridized carbons (Fsp3) is 0.929.